The van der Waals surface area contributed by atoms with Crippen molar-refractivity contribution in [2.75, 3.05) is 11.0 Å². The van der Waals surface area contributed by atoms with Crippen LogP contribution in [0, 0.1) is 0 Å². The molecule has 0 saturated heterocycles. The Bertz CT molecular complexity index is 1480. The Hall–Kier alpha value is -2.96. The standard InChI is InChI=1S/C23H21ClN2O3S.H2O4S/c1-3-18(15-6-4-7-17(12-15)26-30(2,27)28)23-19-8-5-11-25-21(19)14-29-22-13-16(24)9-10-20(22)23;1-5(2,3)4/h4-13,26H,3,14H2,1-2H3;(H2,1,2,3,4)/b23-18+;. The smallest absolute Gasteiger partial charge is 0.394 e. The molecule has 1 aromatic heterocycles. The van der Waals surface area contributed by atoms with Crippen LogP contribution in [0.4, 0.5) is 5.69 Å². The number of benzene rings is 2. The summed E-state index contributed by atoms with van der Waals surface area (Å²) < 4.78 is 63.6. The maximum absolute atomic E-state index is 11.7. The van der Waals surface area contributed by atoms with Gasteiger partial charge in [0.1, 0.15) is 12.4 Å². The number of hydrogen-bond acceptors (Lipinski definition) is 6. The number of anilines is 1. The molecule has 0 aliphatic carbocycles. The zero-order valence-electron chi connectivity index (χ0n) is 18.8. The van der Waals surface area contributed by atoms with Gasteiger partial charge in [0, 0.05) is 28.0 Å². The third-order valence-corrected chi connectivity index (χ3v) is 5.75. The van der Waals surface area contributed by atoms with Crippen molar-refractivity contribution in [1.82, 2.24) is 4.98 Å². The first kappa shape index (κ1) is 26.6. The van der Waals surface area contributed by atoms with Crippen LogP contribution in [-0.2, 0) is 27.0 Å². The second kappa shape index (κ2) is 10.8. The molecule has 1 aliphatic heterocycles. The summed E-state index contributed by atoms with van der Waals surface area (Å²) in [5.41, 5.74) is 6.31. The van der Waals surface area contributed by atoms with E-state index in [2.05, 4.69) is 16.6 Å². The average Bonchev–Trinajstić information content (AvgIpc) is 2.90. The quantitative estimate of drug-likeness (QED) is 0.405. The van der Waals surface area contributed by atoms with Gasteiger partial charge in [-0.15, -0.1) is 0 Å². The number of fused-ring (bicyclic) bond motifs is 2. The van der Waals surface area contributed by atoms with Crippen LogP contribution in [0.3, 0.4) is 0 Å². The molecule has 0 unspecified atom stereocenters. The monoisotopic (exact) mass is 538 g/mol. The fourth-order valence-corrected chi connectivity index (χ4v) is 4.45. The number of allylic oxidation sites excluding steroid dienone is 1. The topological polar surface area (TPSA) is 143 Å². The molecule has 0 spiro atoms. The molecule has 2 heterocycles. The summed E-state index contributed by atoms with van der Waals surface area (Å²) in [7, 11) is -8.04. The van der Waals surface area contributed by atoms with Crippen molar-refractivity contribution in [2.24, 2.45) is 0 Å². The third kappa shape index (κ3) is 7.51. The summed E-state index contributed by atoms with van der Waals surface area (Å²) in [6, 6.07) is 17.0. The van der Waals surface area contributed by atoms with E-state index in [0.717, 1.165) is 46.2 Å². The molecule has 2 aromatic carbocycles. The van der Waals surface area contributed by atoms with Crippen LogP contribution in [0.2, 0.25) is 5.02 Å². The van der Waals surface area contributed by atoms with Crippen LogP contribution in [0.15, 0.2) is 60.8 Å². The van der Waals surface area contributed by atoms with E-state index in [4.69, 9.17) is 33.9 Å². The summed E-state index contributed by atoms with van der Waals surface area (Å²) >= 11 is 6.22. The van der Waals surface area contributed by atoms with Crippen molar-refractivity contribution in [1.29, 1.82) is 0 Å². The van der Waals surface area contributed by atoms with E-state index in [1.165, 1.54) is 0 Å². The Morgan fingerprint density at radius 3 is 2.43 bits per heavy atom. The van der Waals surface area contributed by atoms with Crippen LogP contribution in [-0.4, -0.2) is 37.2 Å². The largest absolute Gasteiger partial charge is 0.487 e. The van der Waals surface area contributed by atoms with Crippen LogP contribution in [0.25, 0.3) is 11.1 Å². The molecule has 0 fully saturated rings. The normalized spacial score (nSPS) is 14.3. The van der Waals surface area contributed by atoms with Gasteiger partial charge in [-0.2, -0.15) is 8.42 Å². The van der Waals surface area contributed by atoms with E-state index in [1.54, 1.807) is 12.3 Å². The van der Waals surface area contributed by atoms with Gasteiger partial charge in [0.2, 0.25) is 10.0 Å². The number of nitrogens with zero attached hydrogens (tertiary/aromatic N) is 1. The zero-order chi connectivity index (χ0) is 25.8. The molecule has 186 valence electrons. The van der Waals surface area contributed by atoms with Crippen molar-refractivity contribution in [2.45, 2.75) is 20.0 Å². The average molecular weight is 539 g/mol. The molecule has 0 saturated carbocycles. The summed E-state index contributed by atoms with van der Waals surface area (Å²) in [5.74, 6) is 0.701. The zero-order valence-corrected chi connectivity index (χ0v) is 21.2. The summed E-state index contributed by atoms with van der Waals surface area (Å²) in [5, 5.41) is 0.601. The lowest BCUT2D eigenvalue weighted by Gasteiger charge is -2.17. The Morgan fingerprint density at radius 1 is 1.06 bits per heavy atom. The predicted octanol–water partition coefficient (Wildman–Crippen LogP) is 4.72. The highest BCUT2D eigenvalue weighted by Crippen LogP contribution is 2.42. The van der Waals surface area contributed by atoms with E-state index in [9.17, 15) is 8.42 Å². The third-order valence-electron chi connectivity index (χ3n) is 4.91. The molecule has 4 rings (SSSR count). The molecule has 1 aliphatic rings. The summed E-state index contributed by atoms with van der Waals surface area (Å²) in [6.07, 6.45) is 3.63. The van der Waals surface area contributed by atoms with E-state index >= 15 is 0 Å². The molecule has 0 radical (unpaired) electrons. The Morgan fingerprint density at radius 2 is 1.77 bits per heavy atom. The lowest BCUT2D eigenvalue weighted by Crippen LogP contribution is -2.09. The minimum absolute atomic E-state index is 0.347. The predicted molar refractivity (Wildman–Crippen MR) is 135 cm³/mol. The summed E-state index contributed by atoms with van der Waals surface area (Å²) in [6.45, 7) is 2.43. The lowest BCUT2D eigenvalue weighted by atomic mass is 9.87. The number of halogens is 1. The van der Waals surface area contributed by atoms with Crippen molar-refractivity contribution in [3.05, 3.63) is 88.2 Å². The fourth-order valence-electron chi connectivity index (χ4n) is 3.73. The Balaban J connectivity index is 0.000000623. The maximum Gasteiger partial charge on any atom is 0.394 e. The number of hydrogen-bond donors (Lipinski definition) is 3. The molecule has 12 heteroatoms. The minimum atomic E-state index is -4.67. The molecule has 9 nitrogen and oxygen atoms in total. The van der Waals surface area contributed by atoms with E-state index in [0.29, 0.717) is 23.1 Å². The number of nitrogens with one attached hydrogen (secondary N) is 1. The van der Waals surface area contributed by atoms with Gasteiger partial charge in [-0.25, -0.2) is 8.42 Å². The van der Waals surface area contributed by atoms with Crippen molar-refractivity contribution in [3.8, 4) is 5.75 Å². The van der Waals surface area contributed by atoms with Gasteiger partial charge in [0.25, 0.3) is 0 Å². The van der Waals surface area contributed by atoms with Gasteiger partial charge in [-0.3, -0.25) is 18.8 Å². The molecular formula is C23H23ClN2O7S2. The highest BCUT2D eigenvalue weighted by molar-refractivity contribution is 7.92. The maximum atomic E-state index is 11.7. The highest BCUT2D eigenvalue weighted by atomic mass is 35.5. The van der Waals surface area contributed by atoms with Gasteiger partial charge >= 0.3 is 10.4 Å². The molecule has 3 N–H and O–H groups in total. The lowest BCUT2D eigenvalue weighted by molar-refractivity contribution is 0.302. The van der Waals surface area contributed by atoms with Crippen molar-refractivity contribution < 1.29 is 30.7 Å². The minimum Gasteiger partial charge on any atom is -0.487 e. The molecule has 3 aromatic rings. The van der Waals surface area contributed by atoms with Gasteiger partial charge in [0.15, 0.2) is 0 Å². The van der Waals surface area contributed by atoms with Crippen molar-refractivity contribution >= 4 is 48.9 Å². The van der Waals surface area contributed by atoms with E-state index in [1.807, 2.05) is 48.5 Å². The molecular weight excluding hydrogens is 516 g/mol. The highest BCUT2D eigenvalue weighted by Gasteiger charge is 2.23. The summed E-state index contributed by atoms with van der Waals surface area (Å²) in [4.78, 5) is 4.53. The second-order valence-electron chi connectivity index (χ2n) is 7.54. The number of rotatable bonds is 4. The molecule has 0 atom stereocenters. The first-order chi connectivity index (χ1) is 16.4. The van der Waals surface area contributed by atoms with Gasteiger partial charge in [0.05, 0.1) is 11.9 Å². The molecule has 35 heavy (non-hydrogen) atoms. The Kier molecular flexibility index (Phi) is 8.18. The molecule has 0 amide bonds. The SMILES string of the molecule is CC/C(=C1\c2ccc(Cl)cc2OCc2ncccc21)c1cccc(NS(C)(=O)=O)c1.O=S(=O)(O)O. The fraction of sp³-hybridized carbons (Fsp3) is 0.174. The van der Waals surface area contributed by atoms with E-state index < -0.39 is 20.4 Å². The van der Waals surface area contributed by atoms with Gasteiger partial charge < -0.3 is 4.74 Å². The first-order valence-electron chi connectivity index (χ1n) is 10.2. The molecule has 0 bridgehead atoms. The van der Waals surface area contributed by atoms with Crippen LogP contribution in [0.5, 0.6) is 5.75 Å². The number of sulfonamides is 1. The first-order valence-corrected chi connectivity index (χ1v) is 13.9. The number of pyridine rings is 1. The Labute approximate surface area is 209 Å². The number of aromatic nitrogens is 1. The van der Waals surface area contributed by atoms with Crippen LogP contribution >= 0.6 is 11.6 Å². The van der Waals surface area contributed by atoms with Crippen LogP contribution in [0.1, 0.15) is 35.7 Å². The van der Waals surface area contributed by atoms with Gasteiger partial charge in [-0.05, 0) is 59.5 Å². The second-order valence-corrected chi connectivity index (χ2v) is 10.6. The van der Waals surface area contributed by atoms with Crippen LogP contribution < -0.4 is 9.46 Å². The van der Waals surface area contributed by atoms with E-state index in [-0.39, 0.29) is 0 Å². The van der Waals surface area contributed by atoms with Gasteiger partial charge in [-0.1, -0.05) is 36.7 Å². The number of ether oxygens (including phenoxy) is 1. The van der Waals surface area contributed by atoms with Crippen molar-refractivity contribution in [3.63, 3.8) is 0 Å².